The summed E-state index contributed by atoms with van der Waals surface area (Å²) in [6.07, 6.45) is -0.888. The molecule has 0 aromatic heterocycles. The Morgan fingerprint density at radius 1 is 1.19 bits per heavy atom. The average molecular weight is 327 g/mol. The molecule has 0 fully saturated rings. The monoisotopic (exact) mass is 326 g/mol. The lowest BCUT2D eigenvalue weighted by atomic mass is 10.1. The van der Waals surface area contributed by atoms with Gasteiger partial charge in [0.15, 0.2) is 0 Å². The van der Waals surface area contributed by atoms with Crippen LogP contribution in [-0.4, -0.2) is 16.6 Å². The standard InChI is InChI=1S/C14H12Cl2N2O3/c15-10-5-9(6-11(16)7-10)14(19)8-17-12-3-1-2-4-13(12)18(20)21/h1-7,14,17,19H,8H2. The molecule has 0 amide bonds. The molecule has 0 aliphatic carbocycles. The molecule has 0 aliphatic rings. The van der Waals surface area contributed by atoms with E-state index in [4.69, 9.17) is 23.2 Å². The maximum Gasteiger partial charge on any atom is 0.292 e. The third-order valence-corrected chi connectivity index (χ3v) is 3.29. The van der Waals surface area contributed by atoms with E-state index in [1.165, 1.54) is 6.07 Å². The molecule has 21 heavy (non-hydrogen) atoms. The van der Waals surface area contributed by atoms with Gasteiger partial charge in [-0.05, 0) is 29.8 Å². The number of hydrogen-bond donors (Lipinski definition) is 2. The molecule has 0 aliphatic heterocycles. The lowest BCUT2D eigenvalue weighted by Crippen LogP contribution is -2.13. The molecule has 0 spiro atoms. The Morgan fingerprint density at radius 2 is 1.81 bits per heavy atom. The summed E-state index contributed by atoms with van der Waals surface area (Å²) in [5.74, 6) is 0. The van der Waals surface area contributed by atoms with Gasteiger partial charge in [-0.1, -0.05) is 35.3 Å². The van der Waals surface area contributed by atoms with E-state index in [2.05, 4.69) is 5.32 Å². The number of rotatable bonds is 5. The highest BCUT2D eigenvalue weighted by Crippen LogP contribution is 2.26. The molecule has 2 aromatic carbocycles. The van der Waals surface area contributed by atoms with Gasteiger partial charge in [-0.15, -0.1) is 0 Å². The SMILES string of the molecule is O=[N+]([O-])c1ccccc1NCC(O)c1cc(Cl)cc(Cl)c1. The molecular weight excluding hydrogens is 315 g/mol. The molecule has 0 heterocycles. The first-order valence-corrected chi connectivity index (χ1v) is 6.84. The number of aliphatic hydroxyl groups is 1. The molecular formula is C14H12Cl2N2O3. The summed E-state index contributed by atoms with van der Waals surface area (Å²) >= 11 is 11.7. The number of nitro groups is 1. The van der Waals surface area contributed by atoms with Gasteiger partial charge in [-0.2, -0.15) is 0 Å². The number of benzene rings is 2. The van der Waals surface area contributed by atoms with Crippen molar-refractivity contribution in [1.29, 1.82) is 0 Å². The summed E-state index contributed by atoms with van der Waals surface area (Å²) in [7, 11) is 0. The summed E-state index contributed by atoms with van der Waals surface area (Å²) in [6.45, 7) is 0.0987. The summed E-state index contributed by atoms with van der Waals surface area (Å²) < 4.78 is 0. The highest BCUT2D eigenvalue weighted by molar-refractivity contribution is 6.34. The third kappa shape index (κ3) is 4.07. The van der Waals surface area contributed by atoms with E-state index in [1.807, 2.05) is 0 Å². The third-order valence-electron chi connectivity index (χ3n) is 2.86. The molecule has 0 radical (unpaired) electrons. The molecule has 7 heteroatoms. The fourth-order valence-corrected chi connectivity index (χ4v) is 2.42. The second kappa shape index (κ2) is 6.76. The number of halogens is 2. The van der Waals surface area contributed by atoms with Crippen LogP contribution in [-0.2, 0) is 0 Å². The van der Waals surface area contributed by atoms with Gasteiger partial charge in [0.2, 0.25) is 0 Å². The van der Waals surface area contributed by atoms with Crippen molar-refractivity contribution in [3.05, 3.63) is 68.2 Å². The van der Waals surface area contributed by atoms with Gasteiger partial charge in [-0.25, -0.2) is 0 Å². The van der Waals surface area contributed by atoms with Gasteiger partial charge in [-0.3, -0.25) is 10.1 Å². The fourth-order valence-electron chi connectivity index (χ4n) is 1.87. The van der Waals surface area contributed by atoms with Crippen LogP contribution in [0.2, 0.25) is 10.0 Å². The van der Waals surface area contributed by atoms with E-state index >= 15 is 0 Å². The van der Waals surface area contributed by atoms with E-state index in [0.717, 1.165) is 0 Å². The molecule has 2 rings (SSSR count). The van der Waals surface area contributed by atoms with Gasteiger partial charge in [0.1, 0.15) is 5.69 Å². The molecule has 2 N–H and O–H groups in total. The lowest BCUT2D eigenvalue weighted by Gasteiger charge is -2.14. The Labute approximate surface area is 131 Å². The van der Waals surface area contributed by atoms with Crippen LogP contribution < -0.4 is 5.32 Å². The fraction of sp³-hybridized carbons (Fsp3) is 0.143. The van der Waals surface area contributed by atoms with Crippen LogP contribution in [0.5, 0.6) is 0 Å². The number of anilines is 1. The Morgan fingerprint density at radius 3 is 2.43 bits per heavy atom. The Bertz CT molecular complexity index is 644. The summed E-state index contributed by atoms with van der Waals surface area (Å²) in [5, 5.41) is 24.7. The van der Waals surface area contributed by atoms with Gasteiger partial charge >= 0.3 is 0 Å². The van der Waals surface area contributed by atoms with E-state index < -0.39 is 11.0 Å². The van der Waals surface area contributed by atoms with Gasteiger partial charge in [0.05, 0.1) is 11.0 Å². The molecule has 5 nitrogen and oxygen atoms in total. The first-order valence-electron chi connectivity index (χ1n) is 6.08. The second-order valence-corrected chi connectivity index (χ2v) is 5.25. The molecule has 0 bridgehead atoms. The van der Waals surface area contributed by atoms with Crippen molar-refractivity contribution in [2.24, 2.45) is 0 Å². The number of nitro benzene ring substituents is 1. The zero-order chi connectivity index (χ0) is 15.4. The number of nitrogens with zero attached hydrogens (tertiary/aromatic N) is 1. The Kier molecular flexibility index (Phi) is 5.01. The minimum absolute atomic E-state index is 0.0474. The summed E-state index contributed by atoms with van der Waals surface area (Å²) in [5.41, 5.74) is 0.835. The molecule has 110 valence electrons. The first-order chi connectivity index (χ1) is 9.97. The maximum atomic E-state index is 10.9. The molecule has 1 unspecified atom stereocenters. The molecule has 0 saturated carbocycles. The van der Waals surface area contributed by atoms with Crippen LogP contribution in [0, 0.1) is 10.1 Å². The number of aliphatic hydroxyl groups excluding tert-OH is 1. The second-order valence-electron chi connectivity index (χ2n) is 4.37. The predicted molar refractivity (Wildman–Crippen MR) is 83.0 cm³/mol. The number of nitrogens with one attached hydrogen (secondary N) is 1. The zero-order valence-electron chi connectivity index (χ0n) is 10.8. The van der Waals surface area contributed by atoms with Crippen LogP contribution in [0.4, 0.5) is 11.4 Å². The highest BCUT2D eigenvalue weighted by atomic mass is 35.5. The Hall–Kier alpha value is -1.82. The predicted octanol–water partition coefficient (Wildman–Crippen LogP) is 4.05. The highest BCUT2D eigenvalue weighted by Gasteiger charge is 2.14. The van der Waals surface area contributed by atoms with E-state index in [1.54, 1.807) is 36.4 Å². The number of para-hydroxylation sites is 2. The minimum Gasteiger partial charge on any atom is -0.387 e. The van der Waals surface area contributed by atoms with Crippen molar-refractivity contribution in [3.63, 3.8) is 0 Å². The van der Waals surface area contributed by atoms with Crippen LogP contribution in [0.25, 0.3) is 0 Å². The van der Waals surface area contributed by atoms with Gasteiger partial charge in [0, 0.05) is 22.7 Å². The van der Waals surface area contributed by atoms with Crippen molar-refractivity contribution in [2.75, 3.05) is 11.9 Å². The van der Waals surface area contributed by atoms with Crippen molar-refractivity contribution in [3.8, 4) is 0 Å². The molecule has 1 atom stereocenters. The Balaban J connectivity index is 2.11. The van der Waals surface area contributed by atoms with Crippen molar-refractivity contribution in [1.82, 2.24) is 0 Å². The van der Waals surface area contributed by atoms with Gasteiger partial charge in [0.25, 0.3) is 5.69 Å². The van der Waals surface area contributed by atoms with Crippen LogP contribution in [0.1, 0.15) is 11.7 Å². The largest absolute Gasteiger partial charge is 0.387 e. The smallest absolute Gasteiger partial charge is 0.292 e. The van der Waals surface area contributed by atoms with Crippen molar-refractivity contribution < 1.29 is 10.0 Å². The molecule has 0 saturated heterocycles. The quantitative estimate of drug-likeness (QED) is 0.642. The van der Waals surface area contributed by atoms with E-state index in [0.29, 0.717) is 21.3 Å². The average Bonchev–Trinajstić information content (AvgIpc) is 2.43. The van der Waals surface area contributed by atoms with Gasteiger partial charge < -0.3 is 10.4 Å². The summed E-state index contributed by atoms with van der Waals surface area (Å²) in [6, 6.07) is 11.0. The van der Waals surface area contributed by atoms with E-state index in [9.17, 15) is 15.2 Å². The normalized spacial score (nSPS) is 12.0. The minimum atomic E-state index is -0.888. The lowest BCUT2D eigenvalue weighted by molar-refractivity contribution is -0.384. The topological polar surface area (TPSA) is 75.4 Å². The summed E-state index contributed by atoms with van der Waals surface area (Å²) in [4.78, 5) is 10.4. The zero-order valence-corrected chi connectivity index (χ0v) is 12.3. The van der Waals surface area contributed by atoms with Crippen molar-refractivity contribution >= 4 is 34.6 Å². The van der Waals surface area contributed by atoms with E-state index in [-0.39, 0.29) is 12.2 Å². The maximum absolute atomic E-state index is 10.9. The molecule has 2 aromatic rings. The van der Waals surface area contributed by atoms with Crippen LogP contribution >= 0.6 is 23.2 Å². The first kappa shape index (κ1) is 15.6. The van der Waals surface area contributed by atoms with Crippen LogP contribution in [0.15, 0.2) is 42.5 Å². The number of hydrogen-bond acceptors (Lipinski definition) is 4. The van der Waals surface area contributed by atoms with Crippen LogP contribution in [0.3, 0.4) is 0 Å². The van der Waals surface area contributed by atoms with Crippen molar-refractivity contribution in [2.45, 2.75) is 6.10 Å².